The maximum absolute atomic E-state index is 4.80. The van der Waals surface area contributed by atoms with Crippen LogP contribution < -0.4 is 10.2 Å². The number of anilines is 2. The Hall–Kier alpha value is -2.88. The van der Waals surface area contributed by atoms with Crippen molar-refractivity contribution in [1.29, 1.82) is 0 Å². The van der Waals surface area contributed by atoms with E-state index in [1.807, 2.05) is 18.2 Å². The molecule has 0 radical (unpaired) electrons. The number of hydrogen-bond donors (Lipinski definition) is 1. The van der Waals surface area contributed by atoms with E-state index >= 15 is 0 Å². The molecule has 26 heavy (non-hydrogen) atoms. The van der Waals surface area contributed by atoms with Gasteiger partial charge in [-0.25, -0.2) is 4.98 Å². The largest absolute Gasteiger partial charge is 0.354 e. The molecule has 0 saturated heterocycles. The van der Waals surface area contributed by atoms with E-state index < -0.39 is 0 Å². The van der Waals surface area contributed by atoms with Crippen LogP contribution in [0.4, 0.5) is 11.8 Å². The van der Waals surface area contributed by atoms with Crippen molar-refractivity contribution in [2.75, 3.05) is 23.3 Å². The first kappa shape index (κ1) is 16.6. The number of fused-ring (bicyclic) bond motifs is 1. The molecule has 0 saturated carbocycles. The van der Waals surface area contributed by atoms with Gasteiger partial charge in [0, 0.05) is 31.3 Å². The highest BCUT2D eigenvalue weighted by Crippen LogP contribution is 2.27. The SMILES string of the molecule is CCCNc1nc(-c2ccccc2)cc(N2CCc3ccccc3C2)n1. The molecule has 4 rings (SSSR count). The normalized spacial score (nSPS) is 13.3. The van der Waals surface area contributed by atoms with E-state index in [1.165, 1.54) is 11.1 Å². The third-order valence-corrected chi connectivity index (χ3v) is 4.77. The molecule has 0 spiro atoms. The summed E-state index contributed by atoms with van der Waals surface area (Å²) in [6, 6.07) is 21.1. The van der Waals surface area contributed by atoms with Gasteiger partial charge in [-0.2, -0.15) is 4.98 Å². The lowest BCUT2D eigenvalue weighted by Gasteiger charge is -2.30. The second kappa shape index (κ2) is 7.56. The Labute approximate surface area is 154 Å². The van der Waals surface area contributed by atoms with Gasteiger partial charge >= 0.3 is 0 Å². The highest BCUT2D eigenvalue weighted by atomic mass is 15.2. The highest BCUT2D eigenvalue weighted by Gasteiger charge is 2.18. The first-order valence-electron chi connectivity index (χ1n) is 9.33. The maximum atomic E-state index is 4.80. The number of benzene rings is 2. The number of rotatable bonds is 5. The summed E-state index contributed by atoms with van der Waals surface area (Å²) in [7, 11) is 0. The zero-order valence-corrected chi connectivity index (χ0v) is 15.2. The molecule has 0 atom stereocenters. The van der Waals surface area contributed by atoms with Crippen molar-refractivity contribution in [3.63, 3.8) is 0 Å². The van der Waals surface area contributed by atoms with Crippen LogP contribution in [0.3, 0.4) is 0 Å². The van der Waals surface area contributed by atoms with Gasteiger partial charge in [-0.1, -0.05) is 61.5 Å². The minimum atomic E-state index is 0.710. The summed E-state index contributed by atoms with van der Waals surface area (Å²) in [6.07, 6.45) is 2.10. The lowest BCUT2D eigenvalue weighted by Crippen LogP contribution is -2.31. The quantitative estimate of drug-likeness (QED) is 0.738. The molecular formula is C22H24N4. The Morgan fingerprint density at radius 3 is 2.54 bits per heavy atom. The van der Waals surface area contributed by atoms with E-state index in [4.69, 9.17) is 9.97 Å². The standard InChI is InChI=1S/C22H24N4/c1-2-13-23-22-24-20(18-9-4-3-5-10-18)15-21(25-22)26-14-12-17-8-6-7-11-19(17)16-26/h3-11,15H,2,12-14,16H2,1H3,(H,23,24,25). The summed E-state index contributed by atoms with van der Waals surface area (Å²) in [4.78, 5) is 11.9. The van der Waals surface area contributed by atoms with Gasteiger partial charge in [0.1, 0.15) is 5.82 Å². The fourth-order valence-electron chi connectivity index (χ4n) is 3.36. The van der Waals surface area contributed by atoms with Crippen molar-refractivity contribution >= 4 is 11.8 Å². The fourth-order valence-corrected chi connectivity index (χ4v) is 3.36. The minimum absolute atomic E-state index is 0.710. The van der Waals surface area contributed by atoms with Gasteiger partial charge in [0.15, 0.2) is 0 Å². The van der Waals surface area contributed by atoms with E-state index in [0.717, 1.165) is 49.6 Å². The second-order valence-electron chi connectivity index (χ2n) is 6.67. The zero-order chi connectivity index (χ0) is 17.8. The molecule has 1 aliphatic heterocycles. The molecule has 2 aromatic carbocycles. The molecule has 0 bridgehead atoms. The van der Waals surface area contributed by atoms with Crippen molar-refractivity contribution in [3.8, 4) is 11.3 Å². The predicted octanol–water partition coefficient (Wildman–Crippen LogP) is 4.53. The van der Waals surface area contributed by atoms with Crippen molar-refractivity contribution in [2.45, 2.75) is 26.3 Å². The minimum Gasteiger partial charge on any atom is -0.354 e. The number of nitrogens with zero attached hydrogens (tertiary/aromatic N) is 3. The Bertz CT molecular complexity index is 876. The van der Waals surface area contributed by atoms with Gasteiger partial charge in [-0.15, -0.1) is 0 Å². The molecule has 0 amide bonds. The van der Waals surface area contributed by atoms with E-state index in [9.17, 15) is 0 Å². The molecule has 0 fully saturated rings. The molecule has 4 nitrogen and oxygen atoms in total. The number of nitrogens with one attached hydrogen (secondary N) is 1. The molecule has 1 N–H and O–H groups in total. The van der Waals surface area contributed by atoms with Gasteiger partial charge < -0.3 is 10.2 Å². The highest BCUT2D eigenvalue weighted by molar-refractivity contribution is 5.65. The Morgan fingerprint density at radius 2 is 1.73 bits per heavy atom. The van der Waals surface area contributed by atoms with E-state index in [1.54, 1.807) is 0 Å². The van der Waals surface area contributed by atoms with Crippen molar-refractivity contribution < 1.29 is 0 Å². The molecule has 0 unspecified atom stereocenters. The number of hydrogen-bond acceptors (Lipinski definition) is 4. The molecule has 1 aliphatic rings. The molecule has 132 valence electrons. The van der Waals surface area contributed by atoms with Crippen LogP contribution in [0.2, 0.25) is 0 Å². The molecular weight excluding hydrogens is 320 g/mol. The van der Waals surface area contributed by atoms with E-state index in [-0.39, 0.29) is 0 Å². The third kappa shape index (κ3) is 3.54. The van der Waals surface area contributed by atoms with Gasteiger partial charge in [-0.05, 0) is 24.0 Å². The summed E-state index contributed by atoms with van der Waals surface area (Å²) >= 11 is 0. The second-order valence-corrected chi connectivity index (χ2v) is 6.67. The van der Waals surface area contributed by atoms with Crippen LogP contribution in [0, 0.1) is 0 Å². The van der Waals surface area contributed by atoms with Crippen molar-refractivity contribution in [3.05, 3.63) is 71.8 Å². The lowest BCUT2D eigenvalue weighted by atomic mass is 10.00. The topological polar surface area (TPSA) is 41.1 Å². The van der Waals surface area contributed by atoms with E-state index in [2.05, 4.69) is 59.6 Å². The van der Waals surface area contributed by atoms with E-state index in [0.29, 0.717) is 5.95 Å². The Morgan fingerprint density at radius 1 is 0.962 bits per heavy atom. The lowest BCUT2D eigenvalue weighted by molar-refractivity contribution is 0.719. The van der Waals surface area contributed by atoms with Gasteiger partial charge in [-0.3, -0.25) is 0 Å². The van der Waals surface area contributed by atoms with Crippen molar-refractivity contribution in [2.24, 2.45) is 0 Å². The smallest absolute Gasteiger partial charge is 0.225 e. The average Bonchev–Trinajstić information content (AvgIpc) is 2.72. The monoisotopic (exact) mass is 344 g/mol. The van der Waals surface area contributed by atoms with Crippen LogP contribution in [0.15, 0.2) is 60.7 Å². The van der Waals surface area contributed by atoms with Crippen molar-refractivity contribution in [1.82, 2.24) is 9.97 Å². The Balaban J connectivity index is 1.69. The Kier molecular flexibility index (Phi) is 4.82. The van der Waals surface area contributed by atoms with Gasteiger partial charge in [0.25, 0.3) is 0 Å². The summed E-state index contributed by atoms with van der Waals surface area (Å²) in [5, 5.41) is 3.35. The molecule has 4 heteroatoms. The number of aromatic nitrogens is 2. The molecule has 0 aliphatic carbocycles. The van der Waals surface area contributed by atoms with Crippen LogP contribution in [0.1, 0.15) is 24.5 Å². The maximum Gasteiger partial charge on any atom is 0.225 e. The summed E-state index contributed by atoms with van der Waals surface area (Å²) in [6.45, 7) is 4.90. The van der Waals surface area contributed by atoms with Gasteiger partial charge in [0.2, 0.25) is 5.95 Å². The van der Waals surface area contributed by atoms with Crippen LogP contribution >= 0.6 is 0 Å². The predicted molar refractivity (Wildman–Crippen MR) is 107 cm³/mol. The summed E-state index contributed by atoms with van der Waals surface area (Å²) in [5.74, 6) is 1.70. The van der Waals surface area contributed by atoms with Gasteiger partial charge in [0.05, 0.1) is 5.69 Å². The first-order chi connectivity index (χ1) is 12.8. The zero-order valence-electron chi connectivity index (χ0n) is 15.2. The van der Waals surface area contributed by atoms with Crippen LogP contribution in [0.25, 0.3) is 11.3 Å². The first-order valence-corrected chi connectivity index (χ1v) is 9.33. The van der Waals surface area contributed by atoms with Crippen LogP contribution in [-0.2, 0) is 13.0 Å². The van der Waals surface area contributed by atoms with Crippen LogP contribution in [-0.4, -0.2) is 23.1 Å². The summed E-state index contributed by atoms with van der Waals surface area (Å²) in [5.41, 5.74) is 4.92. The summed E-state index contributed by atoms with van der Waals surface area (Å²) < 4.78 is 0. The van der Waals surface area contributed by atoms with Crippen LogP contribution in [0.5, 0.6) is 0 Å². The third-order valence-electron chi connectivity index (χ3n) is 4.77. The average molecular weight is 344 g/mol. The molecule has 3 aromatic rings. The molecule has 1 aromatic heterocycles. The fraction of sp³-hybridized carbons (Fsp3) is 0.273. The molecule has 2 heterocycles.